The highest BCUT2D eigenvalue weighted by molar-refractivity contribution is 7.89. The molecule has 0 bridgehead atoms. The van der Waals surface area contributed by atoms with E-state index >= 15 is 0 Å². The molecule has 0 unspecified atom stereocenters. The van der Waals surface area contributed by atoms with Gasteiger partial charge in [0.25, 0.3) is 0 Å². The highest BCUT2D eigenvalue weighted by Crippen LogP contribution is 2.29. The monoisotopic (exact) mass is 380 g/mol. The number of nitrogens with one attached hydrogen (secondary N) is 2. The third-order valence-electron chi connectivity index (χ3n) is 5.24. The smallest absolute Gasteiger partial charge is 0.238 e. The van der Waals surface area contributed by atoms with Crippen LogP contribution < -0.4 is 15.8 Å². The molecule has 0 heterocycles. The third kappa shape index (κ3) is 6.29. The van der Waals surface area contributed by atoms with E-state index in [1.807, 2.05) is 0 Å². The summed E-state index contributed by atoms with van der Waals surface area (Å²) in [4.78, 5) is 4.45. The first-order valence-corrected chi connectivity index (χ1v) is 10.9. The second kappa shape index (κ2) is 9.37. The molecule has 1 aromatic carbocycles. The first-order valence-electron chi connectivity index (χ1n) is 9.38. The molecule has 0 spiro atoms. The molecule has 1 fully saturated rings. The van der Waals surface area contributed by atoms with Crippen LogP contribution in [0.4, 0.5) is 0 Å². The van der Waals surface area contributed by atoms with Gasteiger partial charge in [0, 0.05) is 19.6 Å². The minimum Gasteiger partial charge on any atom is -0.356 e. The minimum absolute atomic E-state index is 0.142. The van der Waals surface area contributed by atoms with Gasteiger partial charge in [0.1, 0.15) is 0 Å². The molecule has 1 aliphatic carbocycles. The Morgan fingerprint density at radius 2 is 1.81 bits per heavy atom. The van der Waals surface area contributed by atoms with Crippen LogP contribution in [0, 0.1) is 11.8 Å². The van der Waals surface area contributed by atoms with Gasteiger partial charge in [-0.3, -0.25) is 4.99 Å². The van der Waals surface area contributed by atoms with Crippen LogP contribution in [0.5, 0.6) is 0 Å². The van der Waals surface area contributed by atoms with Crippen molar-refractivity contribution in [1.82, 2.24) is 10.6 Å². The maximum absolute atomic E-state index is 11.3. The van der Waals surface area contributed by atoms with Gasteiger partial charge in [-0.2, -0.15) is 0 Å². The molecular weight excluding hydrogens is 348 g/mol. The van der Waals surface area contributed by atoms with Gasteiger partial charge in [0.2, 0.25) is 10.0 Å². The number of hydrogen-bond acceptors (Lipinski definition) is 3. The lowest BCUT2D eigenvalue weighted by Gasteiger charge is -2.32. The topological polar surface area (TPSA) is 96.6 Å². The summed E-state index contributed by atoms with van der Waals surface area (Å²) in [5.74, 6) is 2.46. The van der Waals surface area contributed by atoms with Gasteiger partial charge in [0.05, 0.1) is 4.90 Å². The molecule has 0 atom stereocenters. The van der Waals surface area contributed by atoms with Crippen molar-refractivity contribution in [3.63, 3.8) is 0 Å². The van der Waals surface area contributed by atoms with E-state index in [4.69, 9.17) is 5.14 Å². The van der Waals surface area contributed by atoms with Gasteiger partial charge in [-0.1, -0.05) is 26.0 Å². The normalized spacial score (nSPS) is 21.7. The average molecular weight is 381 g/mol. The summed E-state index contributed by atoms with van der Waals surface area (Å²) in [5.41, 5.74) is 1.05. The summed E-state index contributed by atoms with van der Waals surface area (Å²) in [5, 5.41) is 12.0. The summed E-state index contributed by atoms with van der Waals surface area (Å²) in [6.07, 6.45) is 5.73. The van der Waals surface area contributed by atoms with E-state index in [9.17, 15) is 8.42 Å². The molecule has 1 aromatic rings. The Bertz CT molecular complexity index is 691. The lowest BCUT2D eigenvalue weighted by molar-refractivity contribution is 0.250. The number of nitrogens with two attached hydrogens (primary N) is 1. The van der Waals surface area contributed by atoms with Gasteiger partial charge in [0.15, 0.2) is 5.96 Å². The maximum atomic E-state index is 11.3. The molecule has 2 rings (SSSR count). The second-order valence-corrected chi connectivity index (χ2v) is 9.00. The zero-order valence-electron chi connectivity index (χ0n) is 16.0. The van der Waals surface area contributed by atoms with Crippen molar-refractivity contribution < 1.29 is 8.42 Å². The predicted octanol–water partition coefficient (Wildman–Crippen LogP) is 2.26. The zero-order valence-corrected chi connectivity index (χ0v) is 16.8. The van der Waals surface area contributed by atoms with E-state index in [0.717, 1.165) is 36.3 Å². The van der Waals surface area contributed by atoms with E-state index in [-0.39, 0.29) is 4.90 Å². The number of guanidine groups is 1. The number of primary sulfonamides is 1. The standard InChI is InChI=1S/C19H32N4O2S/c1-14(2)16-6-8-17(9-7-16)23-19(21-3)22-13-12-15-4-10-18(11-5-15)26(20,24)25/h4-5,10-11,14,16-17H,6-9,12-13H2,1-3H3,(H2,20,24,25)(H2,21,22,23). The Morgan fingerprint density at radius 1 is 1.19 bits per heavy atom. The zero-order chi connectivity index (χ0) is 19.2. The van der Waals surface area contributed by atoms with Gasteiger partial charge in [-0.05, 0) is 61.6 Å². The molecule has 1 saturated carbocycles. The van der Waals surface area contributed by atoms with E-state index in [1.165, 1.54) is 25.7 Å². The van der Waals surface area contributed by atoms with Crippen molar-refractivity contribution in [3.8, 4) is 0 Å². The molecule has 0 aromatic heterocycles. The van der Waals surface area contributed by atoms with Gasteiger partial charge in [-0.15, -0.1) is 0 Å². The Morgan fingerprint density at radius 3 is 2.31 bits per heavy atom. The van der Waals surface area contributed by atoms with Crippen LogP contribution in [0.2, 0.25) is 0 Å². The number of nitrogens with zero attached hydrogens (tertiary/aromatic N) is 1. The fraction of sp³-hybridized carbons (Fsp3) is 0.632. The average Bonchev–Trinajstić information content (AvgIpc) is 2.61. The molecule has 0 aliphatic heterocycles. The molecule has 4 N–H and O–H groups in total. The number of benzene rings is 1. The molecule has 1 aliphatic rings. The molecule has 146 valence electrons. The fourth-order valence-electron chi connectivity index (χ4n) is 3.49. The SMILES string of the molecule is CN=C(NCCc1ccc(S(N)(=O)=O)cc1)NC1CCC(C(C)C)CC1. The van der Waals surface area contributed by atoms with Crippen molar-refractivity contribution in [2.75, 3.05) is 13.6 Å². The van der Waals surface area contributed by atoms with Crippen molar-refractivity contribution >= 4 is 16.0 Å². The van der Waals surface area contributed by atoms with Crippen molar-refractivity contribution in [2.45, 2.75) is 56.9 Å². The molecule has 0 radical (unpaired) electrons. The maximum Gasteiger partial charge on any atom is 0.238 e. The first-order chi connectivity index (χ1) is 12.3. The lowest BCUT2D eigenvalue weighted by Crippen LogP contribution is -2.45. The number of aliphatic imine (C=N–C) groups is 1. The van der Waals surface area contributed by atoms with E-state index in [0.29, 0.717) is 6.04 Å². The number of hydrogen-bond donors (Lipinski definition) is 3. The van der Waals surface area contributed by atoms with Crippen molar-refractivity contribution in [1.29, 1.82) is 0 Å². The Kier molecular flexibility index (Phi) is 7.46. The van der Waals surface area contributed by atoms with Crippen LogP contribution >= 0.6 is 0 Å². The van der Waals surface area contributed by atoms with Gasteiger partial charge in [-0.25, -0.2) is 13.6 Å². The van der Waals surface area contributed by atoms with Crippen LogP contribution in [0.15, 0.2) is 34.2 Å². The Labute approximate surface area is 157 Å². The van der Waals surface area contributed by atoms with E-state index in [1.54, 1.807) is 31.3 Å². The summed E-state index contributed by atoms with van der Waals surface area (Å²) >= 11 is 0. The van der Waals surface area contributed by atoms with Crippen LogP contribution in [0.1, 0.15) is 45.1 Å². The largest absolute Gasteiger partial charge is 0.356 e. The minimum atomic E-state index is -3.63. The van der Waals surface area contributed by atoms with Gasteiger partial charge >= 0.3 is 0 Å². The van der Waals surface area contributed by atoms with Gasteiger partial charge < -0.3 is 10.6 Å². The Balaban J connectivity index is 1.76. The van der Waals surface area contributed by atoms with E-state index < -0.39 is 10.0 Å². The number of sulfonamides is 1. The lowest BCUT2D eigenvalue weighted by atomic mass is 9.80. The van der Waals surface area contributed by atoms with Crippen LogP contribution in [0.25, 0.3) is 0 Å². The number of rotatable bonds is 6. The molecular formula is C19H32N4O2S. The second-order valence-electron chi connectivity index (χ2n) is 7.44. The highest BCUT2D eigenvalue weighted by Gasteiger charge is 2.23. The third-order valence-corrected chi connectivity index (χ3v) is 6.17. The quantitative estimate of drug-likeness (QED) is 0.521. The van der Waals surface area contributed by atoms with Crippen LogP contribution in [0.3, 0.4) is 0 Å². The molecule has 0 saturated heterocycles. The van der Waals surface area contributed by atoms with Crippen molar-refractivity contribution in [3.05, 3.63) is 29.8 Å². The molecule has 6 nitrogen and oxygen atoms in total. The first kappa shape index (κ1) is 20.7. The Hall–Kier alpha value is -1.60. The summed E-state index contributed by atoms with van der Waals surface area (Å²) in [6, 6.07) is 7.18. The predicted molar refractivity (Wildman–Crippen MR) is 107 cm³/mol. The molecule has 0 amide bonds. The molecule has 26 heavy (non-hydrogen) atoms. The molecule has 7 heteroatoms. The summed E-state index contributed by atoms with van der Waals surface area (Å²) in [6.45, 7) is 5.36. The van der Waals surface area contributed by atoms with E-state index in [2.05, 4.69) is 29.5 Å². The van der Waals surface area contributed by atoms with Crippen LogP contribution in [-0.2, 0) is 16.4 Å². The highest BCUT2D eigenvalue weighted by atomic mass is 32.2. The summed E-state index contributed by atoms with van der Waals surface area (Å²) < 4.78 is 22.5. The van der Waals surface area contributed by atoms with Crippen molar-refractivity contribution in [2.24, 2.45) is 22.0 Å². The fourth-order valence-corrected chi connectivity index (χ4v) is 4.00. The summed E-state index contributed by atoms with van der Waals surface area (Å²) in [7, 11) is -1.84. The van der Waals surface area contributed by atoms with Crippen LogP contribution in [-0.4, -0.2) is 34.0 Å².